The monoisotopic (exact) mass is 300 g/mol. The van der Waals surface area contributed by atoms with Crippen molar-refractivity contribution in [3.8, 4) is 0 Å². The molecule has 1 aliphatic rings. The van der Waals surface area contributed by atoms with E-state index in [4.69, 9.17) is 11.6 Å². The van der Waals surface area contributed by atoms with Gasteiger partial charge in [0.25, 0.3) is 0 Å². The number of nitrogens with one attached hydrogen (secondary N) is 1. The average molecular weight is 301 g/mol. The molecule has 0 radical (unpaired) electrons. The lowest BCUT2D eigenvalue weighted by Gasteiger charge is -2.33. The Kier molecular flexibility index (Phi) is 4.20. The molecule has 1 aromatic carbocycles. The highest BCUT2D eigenvalue weighted by molar-refractivity contribution is 6.33. The van der Waals surface area contributed by atoms with Crippen molar-refractivity contribution >= 4 is 23.3 Å². The molecule has 0 aromatic heterocycles. The highest BCUT2D eigenvalue weighted by atomic mass is 35.5. The Balaban J connectivity index is 2.12. The fraction of sp³-hybridized carbons (Fsp3) is 0.500. The first kappa shape index (κ1) is 15.1. The van der Waals surface area contributed by atoms with Gasteiger partial charge in [0.2, 0.25) is 0 Å². The summed E-state index contributed by atoms with van der Waals surface area (Å²) in [7, 11) is 0. The number of halogens is 2. The number of urea groups is 1. The van der Waals surface area contributed by atoms with Gasteiger partial charge in [0.1, 0.15) is 5.82 Å². The second-order valence-electron chi connectivity index (χ2n) is 5.56. The molecule has 1 aromatic rings. The highest BCUT2D eigenvalue weighted by Crippen LogP contribution is 2.28. The molecule has 1 unspecified atom stereocenters. The molecule has 4 nitrogen and oxygen atoms in total. The van der Waals surface area contributed by atoms with E-state index >= 15 is 0 Å². The second-order valence-corrected chi connectivity index (χ2v) is 5.97. The van der Waals surface area contributed by atoms with E-state index in [9.17, 15) is 14.3 Å². The van der Waals surface area contributed by atoms with E-state index in [0.717, 1.165) is 18.9 Å². The van der Waals surface area contributed by atoms with Gasteiger partial charge in [-0.1, -0.05) is 11.6 Å². The van der Waals surface area contributed by atoms with Crippen LogP contribution in [-0.4, -0.2) is 34.2 Å². The van der Waals surface area contributed by atoms with E-state index in [1.165, 1.54) is 12.1 Å². The van der Waals surface area contributed by atoms with Crippen molar-refractivity contribution in [2.45, 2.75) is 38.3 Å². The largest absolute Gasteiger partial charge is 0.388 e. The lowest BCUT2D eigenvalue weighted by Crippen LogP contribution is -2.49. The number of likely N-dealkylation sites (tertiary alicyclic amines) is 1. The Labute approximate surface area is 122 Å². The number of rotatable bonds is 2. The number of nitrogens with zero attached hydrogens (tertiary/aromatic N) is 1. The van der Waals surface area contributed by atoms with Gasteiger partial charge in [-0.3, -0.25) is 0 Å². The molecule has 0 saturated carbocycles. The van der Waals surface area contributed by atoms with Crippen molar-refractivity contribution in [1.82, 2.24) is 4.90 Å². The maximum absolute atomic E-state index is 13.0. The van der Waals surface area contributed by atoms with Crippen LogP contribution in [-0.2, 0) is 0 Å². The van der Waals surface area contributed by atoms with Gasteiger partial charge in [0.15, 0.2) is 0 Å². The SMILES string of the molecule is CC(C)(O)C1CCCN1C(=O)Nc1ccc(F)cc1Cl. The standard InChI is InChI=1S/C14H18ClFN2O2/c1-14(2,20)12-4-3-7-18(12)13(19)17-11-6-5-9(16)8-10(11)15/h5-6,8,12,20H,3-4,7H2,1-2H3,(H,17,19). The van der Waals surface area contributed by atoms with Crippen molar-refractivity contribution < 1.29 is 14.3 Å². The first-order valence-corrected chi connectivity index (χ1v) is 6.92. The van der Waals surface area contributed by atoms with Crippen molar-refractivity contribution in [2.24, 2.45) is 0 Å². The van der Waals surface area contributed by atoms with Gasteiger partial charge in [-0.05, 0) is 44.9 Å². The van der Waals surface area contributed by atoms with E-state index in [0.29, 0.717) is 12.2 Å². The average Bonchev–Trinajstić information content (AvgIpc) is 2.81. The molecule has 2 amide bonds. The maximum atomic E-state index is 13.0. The number of carbonyl (C=O) groups excluding carboxylic acids is 1. The fourth-order valence-corrected chi connectivity index (χ4v) is 2.74. The first-order chi connectivity index (χ1) is 9.29. The van der Waals surface area contributed by atoms with Gasteiger partial charge in [-0.2, -0.15) is 0 Å². The van der Waals surface area contributed by atoms with E-state index in [-0.39, 0.29) is 17.1 Å². The summed E-state index contributed by atoms with van der Waals surface area (Å²) in [6.45, 7) is 3.96. The van der Waals surface area contributed by atoms with Crippen LogP contribution in [0.4, 0.5) is 14.9 Å². The van der Waals surface area contributed by atoms with Crippen LogP contribution >= 0.6 is 11.6 Å². The minimum Gasteiger partial charge on any atom is -0.388 e. The Bertz CT molecular complexity index is 516. The van der Waals surface area contributed by atoms with Crippen molar-refractivity contribution in [3.63, 3.8) is 0 Å². The zero-order valence-electron chi connectivity index (χ0n) is 11.5. The van der Waals surface area contributed by atoms with Gasteiger partial charge in [0.05, 0.1) is 22.4 Å². The van der Waals surface area contributed by atoms with Crippen molar-refractivity contribution in [1.29, 1.82) is 0 Å². The summed E-state index contributed by atoms with van der Waals surface area (Å²) in [5.41, 5.74) is -0.597. The first-order valence-electron chi connectivity index (χ1n) is 6.54. The number of hydrogen-bond donors (Lipinski definition) is 2. The third kappa shape index (κ3) is 3.22. The van der Waals surface area contributed by atoms with E-state index < -0.39 is 11.4 Å². The highest BCUT2D eigenvalue weighted by Gasteiger charge is 2.38. The number of anilines is 1. The van der Waals surface area contributed by atoms with Crippen LogP contribution in [0.5, 0.6) is 0 Å². The summed E-state index contributed by atoms with van der Waals surface area (Å²) >= 11 is 5.88. The molecule has 110 valence electrons. The normalized spacial score (nSPS) is 19.2. The van der Waals surface area contributed by atoms with Crippen LogP contribution in [0.1, 0.15) is 26.7 Å². The molecule has 0 bridgehead atoms. The molecule has 1 atom stereocenters. The molecule has 1 fully saturated rings. The predicted octanol–water partition coefficient (Wildman–Crippen LogP) is 3.25. The molecule has 1 heterocycles. The second kappa shape index (κ2) is 5.58. The zero-order valence-corrected chi connectivity index (χ0v) is 12.2. The number of aliphatic hydroxyl groups is 1. The number of hydrogen-bond acceptors (Lipinski definition) is 2. The van der Waals surface area contributed by atoms with Gasteiger partial charge < -0.3 is 15.3 Å². The quantitative estimate of drug-likeness (QED) is 0.881. The van der Waals surface area contributed by atoms with Crippen LogP contribution in [0.25, 0.3) is 0 Å². The molecular weight excluding hydrogens is 283 g/mol. The summed E-state index contributed by atoms with van der Waals surface area (Å²) in [5, 5.41) is 12.9. The number of benzene rings is 1. The molecule has 6 heteroatoms. The van der Waals surface area contributed by atoms with Gasteiger partial charge in [-0.15, -0.1) is 0 Å². The Morgan fingerprint density at radius 2 is 2.25 bits per heavy atom. The Morgan fingerprint density at radius 3 is 2.85 bits per heavy atom. The summed E-state index contributed by atoms with van der Waals surface area (Å²) in [4.78, 5) is 13.9. The van der Waals surface area contributed by atoms with Crippen molar-refractivity contribution in [3.05, 3.63) is 29.0 Å². The summed E-state index contributed by atoms with van der Waals surface area (Å²) < 4.78 is 13.0. The minimum atomic E-state index is -0.958. The Morgan fingerprint density at radius 1 is 1.55 bits per heavy atom. The third-order valence-electron chi connectivity index (χ3n) is 3.50. The smallest absolute Gasteiger partial charge is 0.322 e. The number of amides is 2. The minimum absolute atomic E-state index is 0.150. The van der Waals surface area contributed by atoms with E-state index in [1.54, 1.807) is 18.7 Å². The van der Waals surface area contributed by atoms with Crippen LogP contribution in [0.2, 0.25) is 5.02 Å². The lowest BCUT2D eigenvalue weighted by molar-refractivity contribution is 0.0117. The topological polar surface area (TPSA) is 52.6 Å². The Hall–Kier alpha value is -1.33. The van der Waals surface area contributed by atoms with Crippen molar-refractivity contribution in [2.75, 3.05) is 11.9 Å². The fourth-order valence-electron chi connectivity index (χ4n) is 2.52. The van der Waals surface area contributed by atoms with Crippen LogP contribution < -0.4 is 5.32 Å². The molecule has 0 spiro atoms. The summed E-state index contributed by atoms with van der Waals surface area (Å²) in [5.74, 6) is -0.455. The van der Waals surface area contributed by atoms with Gasteiger partial charge in [-0.25, -0.2) is 9.18 Å². The molecular formula is C14H18ClFN2O2. The van der Waals surface area contributed by atoms with Crippen LogP contribution in [0.15, 0.2) is 18.2 Å². The van der Waals surface area contributed by atoms with Crippen LogP contribution in [0, 0.1) is 5.82 Å². The van der Waals surface area contributed by atoms with Gasteiger partial charge >= 0.3 is 6.03 Å². The summed E-state index contributed by atoms with van der Waals surface area (Å²) in [6, 6.07) is 3.24. The zero-order chi connectivity index (χ0) is 14.9. The molecule has 20 heavy (non-hydrogen) atoms. The van der Waals surface area contributed by atoms with Gasteiger partial charge in [0, 0.05) is 6.54 Å². The predicted molar refractivity (Wildman–Crippen MR) is 76.5 cm³/mol. The summed E-state index contributed by atoms with van der Waals surface area (Å²) in [6.07, 6.45) is 1.60. The molecule has 2 rings (SSSR count). The molecule has 1 aliphatic heterocycles. The molecule has 2 N–H and O–H groups in total. The number of carbonyl (C=O) groups is 1. The van der Waals surface area contributed by atoms with E-state index in [2.05, 4.69) is 5.32 Å². The maximum Gasteiger partial charge on any atom is 0.322 e. The third-order valence-corrected chi connectivity index (χ3v) is 3.81. The molecule has 0 aliphatic carbocycles. The molecule has 1 saturated heterocycles. The van der Waals surface area contributed by atoms with Crippen LogP contribution in [0.3, 0.4) is 0 Å². The van der Waals surface area contributed by atoms with E-state index in [1.807, 2.05) is 0 Å². The lowest BCUT2D eigenvalue weighted by atomic mass is 9.97.